The Bertz CT molecular complexity index is 600. The van der Waals surface area contributed by atoms with E-state index in [0.29, 0.717) is 24.5 Å². The van der Waals surface area contributed by atoms with Crippen molar-refractivity contribution in [1.29, 1.82) is 0 Å². The molecule has 4 bridgehead atoms. The number of hydrogen-bond donors (Lipinski definition) is 1. The van der Waals surface area contributed by atoms with Crippen LogP contribution in [-0.2, 0) is 11.3 Å². The third-order valence-electron chi connectivity index (χ3n) is 7.02. The van der Waals surface area contributed by atoms with Crippen molar-refractivity contribution in [2.75, 3.05) is 13.6 Å². The number of furan rings is 1. The summed E-state index contributed by atoms with van der Waals surface area (Å²) in [5.74, 6) is 4.76. The molecule has 1 heterocycles. The number of carbonyl (C=O) groups excluding carboxylic acids is 1. The smallest absolute Gasteiger partial charge is 0.234 e. The number of likely N-dealkylation sites (N-methyl/N-ethyl adjacent to an activating group) is 1. The van der Waals surface area contributed by atoms with Gasteiger partial charge >= 0.3 is 0 Å². The van der Waals surface area contributed by atoms with E-state index in [1.807, 2.05) is 31.0 Å². The molecule has 138 valence electrons. The van der Waals surface area contributed by atoms with Crippen molar-refractivity contribution in [3.05, 3.63) is 23.7 Å². The maximum Gasteiger partial charge on any atom is 0.234 e. The highest BCUT2D eigenvalue weighted by molar-refractivity contribution is 5.78. The van der Waals surface area contributed by atoms with Crippen LogP contribution in [0.1, 0.15) is 57.0 Å². The predicted molar refractivity (Wildman–Crippen MR) is 98.0 cm³/mol. The van der Waals surface area contributed by atoms with Crippen molar-refractivity contribution < 1.29 is 9.21 Å². The Kier molecular flexibility index (Phi) is 4.43. The van der Waals surface area contributed by atoms with E-state index in [1.54, 1.807) is 0 Å². The van der Waals surface area contributed by atoms with Gasteiger partial charge in [0.1, 0.15) is 11.5 Å². The molecule has 0 spiro atoms. The summed E-state index contributed by atoms with van der Waals surface area (Å²) in [5, 5.41) is 3.35. The maximum atomic E-state index is 12.6. The Morgan fingerprint density at radius 2 is 1.84 bits per heavy atom. The van der Waals surface area contributed by atoms with Crippen LogP contribution in [0.25, 0.3) is 0 Å². The minimum absolute atomic E-state index is 0.147. The third kappa shape index (κ3) is 3.51. The number of rotatable bonds is 6. The topological polar surface area (TPSA) is 45.5 Å². The third-order valence-corrected chi connectivity index (χ3v) is 7.02. The van der Waals surface area contributed by atoms with E-state index in [0.717, 1.165) is 29.3 Å². The van der Waals surface area contributed by atoms with Crippen molar-refractivity contribution in [3.63, 3.8) is 0 Å². The Hall–Kier alpha value is -1.29. The predicted octanol–water partition coefficient (Wildman–Crippen LogP) is 3.74. The first kappa shape index (κ1) is 17.1. The molecule has 0 saturated heterocycles. The van der Waals surface area contributed by atoms with Crippen LogP contribution < -0.4 is 5.32 Å². The lowest BCUT2D eigenvalue weighted by atomic mass is 9.48. The largest absolute Gasteiger partial charge is 0.465 e. The van der Waals surface area contributed by atoms with Gasteiger partial charge in [-0.3, -0.25) is 9.69 Å². The number of nitrogens with one attached hydrogen (secondary N) is 1. The van der Waals surface area contributed by atoms with E-state index in [9.17, 15) is 4.79 Å². The van der Waals surface area contributed by atoms with E-state index in [-0.39, 0.29) is 5.91 Å². The normalized spacial score (nSPS) is 34.5. The second-order valence-electron chi connectivity index (χ2n) is 9.25. The van der Waals surface area contributed by atoms with E-state index in [1.165, 1.54) is 38.5 Å². The summed E-state index contributed by atoms with van der Waals surface area (Å²) in [6.07, 6.45) is 8.35. The summed E-state index contributed by atoms with van der Waals surface area (Å²) in [6, 6.07) is 4.26. The average molecular weight is 344 g/mol. The van der Waals surface area contributed by atoms with E-state index >= 15 is 0 Å². The summed E-state index contributed by atoms with van der Waals surface area (Å²) in [4.78, 5) is 14.6. The Morgan fingerprint density at radius 1 is 1.24 bits per heavy atom. The molecule has 0 unspecified atom stereocenters. The lowest BCUT2D eigenvalue weighted by Gasteiger charge is -2.59. The van der Waals surface area contributed by atoms with Gasteiger partial charge in [-0.05, 0) is 94.7 Å². The van der Waals surface area contributed by atoms with Gasteiger partial charge in [-0.2, -0.15) is 0 Å². The Balaban J connectivity index is 1.31. The number of nitrogens with zero attached hydrogens (tertiary/aromatic N) is 1. The zero-order valence-corrected chi connectivity index (χ0v) is 15.9. The monoisotopic (exact) mass is 344 g/mol. The van der Waals surface area contributed by atoms with Gasteiger partial charge in [-0.25, -0.2) is 0 Å². The SMILES string of the molecule is Cc1ccc(CN(C)CC(=O)N[C@H](C)C23CC4CC(CC(C4)C2)C3)o1. The first-order valence-corrected chi connectivity index (χ1v) is 9.95. The number of hydrogen-bond acceptors (Lipinski definition) is 3. The van der Waals surface area contributed by atoms with E-state index in [2.05, 4.69) is 12.2 Å². The van der Waals surface area contributed by atoms with Gasteiger partial charge < -0.3 is 9.73 Å². The molecule has 25 heavy (non-hydrogen) atoms. The molecule has 1 aromatic heterocycles. The van der Waals surface area contributed by atoms with Crippen LogP contribution >= 0.6 is 0 Å². The van der Waals surface area contributed by atoms with Crippen LogP contribution in [0.4, 0.5) is 0 Å². The zero-order chi connectivity index (χ0) is 17.6. The summed E-state index contributed by atoms with van der Waals surface area (Å²) in [5.41, 5.74) is 0.376. The van der Waals surface area contributed by atoms with Gasteiger partial charge in [0.15, 0.2) is 0 Å². The standard InChI is InChI=1S/C21H32N2O2/c1-14-4-5-19(25-14)12-23(3)13-20(24)22-15(2)21-9-16-6-17(10-21)8-18(7-16)11-21/h4-5,15-18H,6-13H2,1-3H3,(H,22,24)/t15-,16?,17?,18?,21?/m1/s1. The van der Waals surface area contributed by atoms with Crippen molar-refractivity contribution in [3.8, 4) is 0 Å². The van der Waals surface area contributed by atoms with Gasteiger partial charge in [0, 0.05) is 6.04 Å². The lowest BCUT2D eigenvalue weighted by Crippen LogP contribution is -2.56. The van der Waals surface area contributed by atoms with Gasteiger partial charge in [-0.1, -0.05) is 0 Å². The molecule has 1 atom stereocenters. The molecule has 5 rings (SSSR count). The van der Waals surface area contributed by atoms with Crippen LogP contribution in [0, 0.1) is 30.1 Å². The van der Waals surface area contributed by atoms with Crippen LogP contribution in [-0.4, -0.2) is 30.4 Å². The summed E-state index contributed by atoms with van der Waals surface area (Å²) < 4.78 is 5.61. The maximum absolute atomic E-state index is 12.6. The molecular weight excluding hydrogens is 312 g/mol. The molecule has 4 heteroatoms. The molecule has 4 nitrogen and oxygen atoms in total. The summed E-state index contributed by atoms with van der Waals surface area (Å²) >= 11 is 0. The second kappa shape index (κ2) is 6.46. The molecule has 1 aromatic rings. The molecule has 1 amide bonds. The fourth-order valence-corrected chi connectivity index (χ4v) is 6.29. The first-order valence-electron chi connectivity index (χ1n) is 9.95. The molecule has 1 N–H and O–H groups in total. The highest BCUT2D eigenvalue weighted by Crippen LogP contribution is 2.61. The second-order valence-corrected chi connectivity index (χ2v) is 9.25. The molecule has 0 aromatic carbocycles. The average Bonchev–Trinajstić information content (AvgIpc) is 2.90. The van der Waals surface area contributed by atoms with E-state index in [4.69, 9.17) is 4.42 Å². The molecular formula is C21H32N2O2. The quantitative estimate of drug-likeness (QED) is 0.855. The highest BCUT2D eigenvalue weighted by Gasteiger charge is 2.53. The minimum Gasteiger partial charge on any atom is -0.465 e. The molecule has 4 fully saturated rings. The fraction of sp³-hybridized carbons (Fsp3) is 0.762. The molecule has 4 aliphatic carbocycles. The Labute approximate surface area is 151 Å². The molecule has 4 aliphatic rings. The number of aryl methyl sites for hydroxylation is 1. The van der Waals surface area contributed by atoms with Crippen molar-refractivity contribution >= 4 is 5.91 Å². The number of carbonyl (C=O) groups is 1. The lowest BCUT2D eigenvalue weighted by molar-refractivity contribution is -0.126. The van der Waals surface area contributed by atoms with Crippen LogP contribution in [0.2, 0.25) is 0 Å². The fourth-order valence-electron chi connectivity index (χ4n) is 6.29. The van der Waals surface area contributed by atoms with E-state index < -0.39 is 0 Å². The van der Waals surface area contributed by atoms with Gasteiger partial charge in [0.25, 0.3) is 0 Å². The van der Waals surface area contributed by atoms with Crippen molar-refractivity contribution in [2.45, 2.75) is 65.0 Å². The highest BCUT2D eigenvalue weighted by atomic mass is 16.3. The minimum atomic E-state index is 0.147. The van der Waals surface area contributed by atoms with Crippen molar-refractivity contribution in [1.82, 2.24) is 10.2 Å². The van der Waals surface area contributed by atoms with Gasteiger partial charge in [-0.15, -0.1) is 0 Å². The Morgan fingerprint density at radius 3 is 2.36 bits per heavy atom. The summed E-state index contributed by atoms with van der Waals surface area (Å²) in [6.45, 7) is 5.30. The van der Waals surface area contributed by atoms with Gasteiger partial charge in [0.2, 0.25) is 5.91 Å². The van der Waals surface area contributed by atoms with Crippen LogP contribution in [0.5, 0.6) is 0 Å². The van der Waals surface area contributed by atoms with Crippen LogP contribution in [0.15, 0.2) is 16.5 Å². The number of amides is 1. The molecule has 0 radical (unpaired) electrons. The molecule has 4 saturated carbocycles. The summed E-state index contributed by atoms with van der Waals surface area (Å²) in [7, 11) is 1.98. The zero-order valence-electron chi connectivity index (χ0n) is 15.9. The first-order chi connectivity index (χ1) is 11.9. The van der Waals surface area contributed by atoms with Gasteiger partial charge in [0.05, 0.1) is 13.1 Å². The van der Waals surface area contributed by atoms with Crippen LogP contribution in [0.3, 0.4) is 0 Å². The van der Waals surface area contributed by atoms with Crippen molar-refractivity contribution in [2.24, 2.45) is 23.2 Å². The molecule has 0 aliphatic heterocycles.